The van der Waals surface area contributed by atoms with Crippen LogP contribution < -0.4 is 10.6 Å². The fourth-order valence-corrected chi connectivity index (χ4v) is 2.76. The third-order valence-corrected chi connectivity index (χ3v) is 3.81. The molecule has 1 aliphatic heterocycles. The Kier molecular flexibility index (Phi) is 4.79. The summed E-state index contributed by atoms with van der Waals surface area (Å²) in [4.78, 5) is 24.7. The van der Waals surface area contributed by atoms with E-state index in [4.69, 9.17) is 4.74 Å². The molecule has 2 aromatic rings. The molecule has 0 saturated carbocycles. The van der Waals surface area contributed by atoms with Crippen molar-refractivity contribution < 1.29 is 18.7 Å². The zero-order chi connectivity index (χ0) is 17.8. The highest BCUT2D eigenvalue weighted by molar-refractivity contribution is 6.04. The van der Waals surface area contributed by atoms with Gasteiger partial charge < -0.3 is 15.4 Å². The van der Waals surface area contributed by atoms with Gasteiger partial charge in [0.05, 0.1) is 23.9 Å². The van der Waals surface area contributed by atoms with E-state index in [2.05, 4.69) is 10.6 Å². The number of carbonyl (C=O) groups excluding carboxylic acids is 2. The van der Waals surface area contributed by atoms with Crippen molar-refractivity contribution in [1.82, 2.24) is 10.6 Å². The number of hydrogen-bond donors (Lipinski definition) is 2. The highest BCUT2D eigenvalue weighted by Crippen LogP contribution is 2.32. The van der Waals surface area contributed by atoms with Gasteiger partial charge in [-0.15, -0.1) is 0 Å². The van der Waals surface area contributed by atoms with E-state index in [1.807, 2.05) is 6.07 Å². The van der Waals surface area contributed by atoms with Gasteiger partial charge in [-0.2, -0.15) is 0 Å². The van der Waals surface area contributed by atoms with Crippen molar-refractivity contribution in [3.8, 4) is 0 Å². The van der Waals surface area contributed by atoms with Crippen LogP contribution in [0.15, 0.2) is 60.2 Å². The van der Waals surface area contributed by atoms with Gasteiger partial charge in [0.15, 0.2) is 0 Å². The number of ether oxygens (including phenoxy) is 1. The third-order valence-electron chi connectivity index (χ3n) is 3.81. The molecule has 1 heterocycles. The molecule has 2 N–H and O–H groups in total. The molecule has 128 valence electrons. The van der Waals surface area contributed by atoms with E-state index < -0.39 is 23.9 Å². The van der Waals surface area contributed by atoms with Crippen LogP contribution in [0.1, 0.15) is 24.1 Å². The Hall–Kier alpha value is -3.15. The molecule has 0 aliphatic carbocycles. The Balaban J connectivity index is 2.18. The second kappa shape index (κ2) is 7.17. The summed E-state index contributed by atoms with van der Waals surface area (Å²) in [5.74, 6) is -1.02. The molecule has 25 heavy (non-hydrogen) atoms. The number of amides is 2. The van der Waals surface area contributed by atoms with Gasteiger partial charge in [-0.1, -0.05) is 42.5 Å². The Morgan fingerprint density at radius 3 is 2.60 bits per heavy atom. The Labute approximate surface area is 144 Å². The molecule has 1 unspecified atom stereocenters. The second-order valence-corrected chi connectivity index (χ2v) is 5.46. The summed E-state index contributed by atoms with van der Waals surface area (Å²) in [7, 11) is 0. The van der Waals surface area contributed by atoms with Crippen LogP contribution in [0, 0.1) is 5.82 Å². The molecule has 5 nitrogen and oxygen atoms in total. The Morgan fingerprint density at radius 1 is 1.16 bits per heavy atom. The van der Waals surface area contributed by atoms with Gasteiger partial charge in [0.1, 0.15) is 5.82 Å². The molecular formula is C19H17FN2O3. The van der Waals surface area contributed by atoms with Crippen LogP contribution in [0.5, 0.6) is 0 Å². The standard InChI is InChI=1S/C19H17FN2O3/c1-2-25-18(23)15-16(12-7-4-3-5-8-12)21-19(24)22-17(15)13-9-6-10-14(20)11-13/h3-11,17H,2H2,1H3,(H2,21,22,24). The molecule has 6 heteroatoms. The summed E-state index contributed by atoms with van der Waals surface area (Å²) >= 11 is 0. The normalized spacial score (nSPS) is 16.9. The summed E-state index contributed by atoms with van der Waals surface area (Å²) < 4.78 is 18.8. The van der Waals surface area contributed by atoms with Crippen LogP contribution in [0.3, 0.4) is 0 Å². The summed E-state index contributed by atoms with van der Waals surface area (Å²) in [6.45, 7) is 1.89. The zero-order valence-electron chi connectivity index (χ0n) is 13.6. The molecular weight excluding hydrogens is 323 g/mol. The van der Waals surface area contributed by atoms with Crippen LogP contribution in [0.4, 0.5) is 9.18 Å². The number of hydrogen-bond acceptors (Lipinski definition) is 3. The molecule has 1 aliphatic rings. The summed E-state index contributed by atoms with van der Waals surface area (Å²) in [5, 5.41) is 5.35. The minimum absolute atomic E-state index is 0.189. The maximum atomic E-state index is 13.7. The number of carbonyl (C=O) groups is 2. The van der Waals surface area contributed by atoms with Crippen molar-refractivity contribution in [3.63, 3.8) is 0 Å². The first-order chi connectivity index (χ1) is 12.1. The average Bonchev–Trinajstić information content (AvgIpc) is 2.62. The Bertz CT molecular complexity index is 834. The fraction of sp³-hybridized carbons (Fsp3) is 0.158. The molecule has 2 amide bonds. The molecule has 0 radical (unpaired) electrons. The molecule has 3 rings (SSSR count). The molecule has 0 fully saturated rings. The first kappa shape index (κ1) is 16.7. The lowest BCUT2D eigenvalue weighted by molar-refractivity contribution is -0.138. The van der Waals surface area contributed by atoms with E-state index in [0.29, 0.717) is 16.8 Å². The molecule has 1 atom stereocenters. The lowest BCUT2D eigenvalue weighted by atomic mass is 9.92. The van der Waals surface area contributed by atoms with Crippen LogP contribution in [-0.4, -0.2) is 18.6 Å². The van der Waals surface area contributed by atoms with Crippen LogP contribution in [0.25, 0.3) is 5.70 Å². The number of rotatable bonds is 4. The topological polar surface area (TPSA) is 67.4 Å². The molecule has 0 bridgehead atoms. The van der Waals surface area contributed by atoms with Crippen molar-refractivity contribution >= 4 is 17.7 Å². The van der Waals surface area contributed by atoms with Crippen molar-refractivity contribution in [1.29, 1.82) is 0 Å². The number of nitrogens with one attached hydrogen (secondary N) is 2. The minimum atomic E-state index is -0.807. The number of urea groups is 1. The van der Waals surface area contributed by atoms with E-state index in [1.54, 1.807) is 37.3 Å². The van der Waals surface area contributed by atoms with Gasteiger partial charge in [0.2, 0.25) is 0 Å². The van der Waals surface area contributed by atoms with Gasteiger partial charge in [-0.05, 0) is 30.2 Å². The fourth-order valence-electron chi connectivity index (χ4n) is 2.76. The third kappa shape index (κ3) is 3.52. The van der Waals surface area contributed by atoms with Gasteiger partial charge >= 0.3 is 12.0 Å². The van der Waals surface area contributed by atoms with Gasteiger partial charge in [-0.25, -0.2) is 14.0 Å². The first-order valence-electron chi connectivity index (χ1n) is 7.90. The van der Waals surface area contributed by atoms with E-state index in [0.717, 1.165) is 0 Å². The van der Waals surface area contributed by atoms with Crippen molar-refractivity contribution in [3.05, 3.63) is 77.1 Å². The molecule has 0 spiro atoms. The molecule has 2 aromatic carbocycles. The smallest absolute Gasteiger partial charge is 0.338 e. The number of halogens is 1. The average molecular weight is 340 g/mol. The summed E-state index contributed by atoms with van der Waals surface area (Å²) in [6, 6.07) is 13.5. The second-order valence-electron chi connectivity index (χ2n) is 5.46. The predicted molar refractivity (Wildman–Crippen MR) is 90.8 cm³/mol. The quantitative estimate of drug-likeness (QED) is 0.840. The number of esters is 1. The summed E-state index contributed by atoms with van der Waals surface area (Å²) in [5.41, 5.74) is 1.73. The lowest BCUT2D eigenvalue weighted by Gasteiger charge is -2.29. The highest BCUT2D eigenvalue weighted by atomic mass is 19.1. The monoisotopic (exact) mass is 340 g/mol. The predicted octanol–water partition coefficient (Wildman–Crippen LogP) is 3.15. The Morgan fingerprint density at radius 2 is 1.92 bits per heavy atom. The van der Waals surface area contributed by atoms with E-state index in [-0.39, 0.29) is 12.2 Å². The van der Waals surface area contributed by atoms with Gasteiger partial charge in [0.25, 0.3) is 0 Å². The zero-order valence-corrected chi connectivity index (χ0v) is 13.6. The van der Waals surface area contributed by atoms with Crippen LogP contribution >= 0.6 is 0 Å². The summed E-state index contributed by atoms with van der Waals surface area (Å²) in [6.07, 6.45) is 0. The molecule has 0 aromatic heterocycles. The van der Waals surface area contributed by atoms with Crippen LogP contribution in [0.2, 0.25) is 0 Å². The van der Waals surface area contributed by atoms with E-state index in [1.165, 1.54) is 18.2 Å². The SMILES string of the molecule is CCOC(=O)C1=C(c2ccccc2)NC(=O)NC1c1cccc(F)c1. The lowest BCUT2D eigenvalue weighted by Crippen LogP contribution is -2.45. The van der Waals surface area contributed by atoms with Crippen LogP contribution in [-0.2, 0) is 9.53 Å². The van der Waals surface area contributed by atoms with Crippen molar-refractivity contribution in [2.45, 2.75) is 13.0 Å². The maximum absolute atomic E-state index is 13.7. The van der Waals surface area contributed by atoms with Crippen molar-refractivity contribution in [2.24, 2.45) is 0 Å². The van der Waals surface area contributed by atoms with Gasteiger partial charge in [0, 0.05) is 0 Å². The van der Waals surface area contributed by atoms with E-state index >= 15 is 0 Å². The maximum Gasteiger partial charge on any atom is 0.338 e. The largest absolute Gasteiger partial charge is 0.463 e. The van der Waals surface area contributed by atoms with Crippen molar-refractivity contribution in [2.75, 3.05) is 6.61 Å². The number of benzene rings is 2. The first-order valence-corrected chi connectivity index (χ1v) is 7.90. The minimum Gasteiger partial charge on any atom is -0.463 e. The van der Waals surface area contributed by atoms with E-state index in [9.17, 15) is 14.0 Å². The molecule has 0 saturated heterocycles. The highest BCUT2D eigenvalue weighted by Gasteiger charge is 2.34. The van der Waals surface area contributed by atoms with Gasteiger partial charge in [-0.3, -0.25) is 0 Å².